The van der Waals surface area contributed by atoms with Gasteiger partial charge >= 0.3 is 6.18 Å². The summed E-state index contributed by atoms with van der Waals surface area (Å²) >= 11 is 0. The Morgan fingerprint density at radius 2 is 1.75 bits per heavy atom. The minimum Gasteiger partial charge on any atom is -0.508 e. The Morgan fingerprint density at radius 3 is 2.38 bits per heavy atom. The smallest absolute Gasteiger partial charge is 0.422 e. The number of hydrogen-bond donors (Lipinski definition) is 2. The highest BCUT2D eigenvalue weighted by Crippen LogP contribution is 2.42. The molecular weight excluding hydrogens is 433 g/mol. The normalized spacial score (nSPS) is 12.0. The van der Waals surface area contributed by atoms with E-state index >= 15 is 0 Å². The fourth-order valence-electron chi connectivity index (χ4n) is 3.86. The van der Waals surface area contributed by atoms with E-state index in [9.17, 15) is 27.1 Å². The van der Waals surface area contributed by atoms with Gasteiger partial charge in [0.05, 0.1) is 11.1 Å². The van der Waals surface area contributed by atoms with Crippen LogP contribution in [-0.4, -0.2) is 30.8 Å². The number of benzene rings is 1. The molecule has 0 saturated carbocycles. The van der Waals surface area contributed by atoms with E-state index in [1.54, 1.807) is 19.9 Å². The first kappa shape index (κ1) is 21.5. The van der Waals surface area contributed by atoms with E-state index in [1.807, 2.05) is 0 Å². The molecule has 0 bridgehead atoms. The summed E-state index contributed by atoms with van der Waals surface area (Å²) in [5.74, 6) is -0.0677. The van der Waals surface area contributed by atoms with Gasteiger partial charge in [0.15, 0.2) is 5.65 Å². The number of aryl methyl sites for hydroxylation is 2. The molecule has 3 heterocycles. The van der Waals surface area contributed by atoms with Crippen LogP contribution in [0.15, 0.2) is 30.6 Å². The van der Waals surface area contributed by atoms with Crippen LogP contribution in [0.3, 0.4) is 0 Å². The third-order valence-electron chi connectivity index (χ3n) is 5.31. The molecule has 0 atom stereocenters. The number of anilines is 1. The highest BCUT2D eigenvalue weighted by molar-refractivity contribution is 6.12. The third kappa shape index (κ3) is 3.12. The first-order chi connectivity index (χ1) is 14.9. The van der Waals surface area contributed by atoms with Crippen LogP contribution in [0.1, 0.15) is 22.4 Å². The molecule has 0 aliphatic rings. The Balaban J connectivity index is 2.23. The predicted molar refractivity (Wildman–Crippen MR) is 110 cm³/mol. The van der Waals surface area contributed by atoms with Crippen LogP contribution < -0.4 is 5.73 Å². The van der Waals surface area contributed by atoms with Crippen molar-refractivity contribution in [3.05, 3.63) is 53.0 Å². The molecule has 0 unspecified atom stereocenters. The Morgan fingerprint density at radius 1 is 1.06 bits per heavy atom. The van der Waals surface area contributed by atoms with E-state index in [2.05, 4.69) is 15.0 Å². The maximum Gasteiger partial charge on any atom is 0.422 e. The van der Waals surface area contributed by atoms with Gasteiger partial charge in [0.1, 0.15) is 29.1 Å². The van der Waals surface area contributed by atoms with E-state index in [-0.39, 0.29) is 39.3 Å². The van der Waals surface area contributed by atoms with Gasteiger partial charge in [-0.3, -0.25) is 4.57 Å². The average Bonchev–Trinajstić information content (AvgIpc) is 2.99. The van der Waals surface area contributed by atoms with Crippen LogP contribution in [0.2, 0.25) is 0 Å². The summed E-state index contributed by atoms with van der Waals surface area (Å²) in [6.07, 6.45) is -6.98. The van der Waals surface area contributed by atoms with Crippen molar-refractivity contribution in [2.75, 3.05) is 5.73 Å². The van der Waals surface area contributed by atoms with Gasteiger partial charge < -0.3 is 10.8 Å². The number of rotatable bonds is 2. The van der Waals surface area contributed by atoms with E-state index in [0.29, 0.717) is 16.8 Å². The van der Waals surface area contributed by atoms with Gasteiger partial charge in [-0.1, -0.05) is 6.07 Å². The lowest BCUT2D eigenvalue weighted by Crippen LogP contribution is -2.13. The fourth-order valence-corrected chi connectivity index (χ4v) is 3.86. The maximum absolute atomic E-state index is 13.4. The summed E-state index contributed by atoms with van der Waals surface area (Å²) in [6.45, 7) is 4.64. The molecule has 3 N–H and O–H groups in total. The molecule has 4 aromatic rings. The molecule has 4 rings (SSSR count). The summed E-state index contributed by atoms with van der Waals surface area (Å²) in [6, 6.07) is 4.14. The minimum atomic E-state index is -5.29. The van der Waals surface area contributed by atoms with Gasteiger partial charge in [-0.25, -0.2) is 15.0 Å². The monoisotopic (exact) mass is 449 g/mol. The number of halogens is 5. The molecule has 0 aliphatic carbocycles. The molecular formula is C21H16F5N5O. The number of phenols is 1. The quantitative estimate of drug-likeness (QED) is 0.403. The lowest BCUT2D eigenvalue weighted by Gasteiger charge is -2.16. The second kappa shape index (κ2) is 7.14. The lowest BCUT2D eigenvalue weighted by molar-refractivity contribution is -0.0711. The number of nitrogen functional groups attached to an aromatic ring is 1. The average molecular weight is 449 g/mol. The van der Waals surface area contributed by atoms with Crippen molar-refractivity contribution >= 4 is 33.5 Å². The number of nitrogens with two attached hydrogens (primary N) is 1. The zero-order valence-electron chi connectivity index (χ0n) is 17.0. The van der Waals surface area contributed by atoms with Crippen LogP contribution in [0, 0.1) is 20.8 Å². The lowest BCUT2D eigenvalue weighted by atomic mass is 10.0. The number of alkyl halides is 3. The Kier molecular flexibility index (Phi) is 4.79. The molecule has 0 aliphatic heterocycles. The molecule has 32 heavy (non-hydrogen) atoms. The molecule has 0 saturated heterocycles. The number of fused-ring (bicyclic) bond motifs is 3. The van der Waals surface area contributed by atoms with Gasteiger partial charge in [0.25, 0.3) is 6.08 Å². The second-order valence-electron chi connectivity index (χ2n) is 7.29. The van der Waals surface area contributed by atoms with Crippen molar-refractivity contribution in [3.63, 3.8) is 0 Å². The fraction of sp³-hybridized carbons (Fsp3) is 0.190. The Bertz CT molecular complexity index is 1430. The number of pyridine rings is 1. The number of aromatic nitrogens is 4. The van der Waals surface area contributed by atoms with Gasteiger partial charge in [-0.05, 0) is 38.5 Å². The number of aromatic hydroxyl groups is 1. The van der Waals surface area contributed by atoms with Gasteiger partial charge in [0.2, 0.25) is 0 Å². The summed E-state index contributed by atoms with van der Waals surface area (Å²) < 4.78 is 68.4. The zero-order chi connectivity index (χ0) is 23.5. The molecule has 166 valence electrons. The predicted octanol–water partition coefficient (Wildman–Crippen LogP) is 5.35. The van der Waals surface area contributed by atoms with E-state index in [4.69, 9.17) is 5.73 Å². The second-order valence-corrected chi connectivity index (χ2v) is 7.29. The minimum absolute atomic E-state index is 0.0160. The van der Waals surface area contributed by atoms with E-state index in [1.165, 1.54) is 23.9 Å². The third-order valence-corrected chi connectivity index (χ3v) is 5.31. The van der Waals surface area contributed by atoms with E-state index in [0.717, 1.165) is 6.07 Å². The van der Waals surface area contributed by atoms with Crippen LogP contribution in [-0.2, 0) is 0 Å². The van der Waals surface area contributed by atoms with Gasteiger partial charge in [0, 0.05) is 22.2 Å². The summed E-state index contributed by atoms with van der Waals surface area (Å²) in [5.41, 5.74) is 4.95. The molecule has 0 spiro atoms. The van der Waals surface area contributed by atoms with Crippen molar-refractivity contribution < 1.29 is 27.1 Å². The van der Waals surface area contributed by atoms with Gasteiger partial charge in [-0.15, -0.1) is 0 Å². The van der Waals surface area contributed by atoms with Crippen LogP contribution >= 0.6 is 0 Å². The van der Waals surface area contributed by atoms with Crippen molar-refractivity contribution in [1.82, 2.24) is 19.5 Å². The van der Waals surface area contributed by atoms with Crippen LogP contribution in [0.4, 0.5) is 27.8 Å². The summed E-state index contributed by atoms with van der Waals surface area (Å²) in [4.78, 5) is 12.4. The number of hydrogen-bond acceptors (Lipinski definition) is 5. The van der Waals surface area contributed by atoms with Crippen molar-refractivity contribution in [2.24, 2.45) is 0 Å². The van der Waals surface area contributed by atoms with Crippen LogP contribution in [0.5, 0.6) is 5.75 Å². The molecule has 11 heteroatoms. The zero-order valence-corrected chi connectivity index (χ0v) is 17.0. The van der Waals surface area contributed by atoms with Crippen molar-refractivity contribution in [3.8, 4) is 11.4 Å². The largest absolute Gasteiger partial charge is 0.508 e. The van der Waals surface area contributed by atoms with Gasteiger partial charge in [-0.2, -0.15) is 22.0 Å². The Labute approximate surface area is 177 Å². The number of nitrogens with zero attached hydrogens (tertiary/aromatic N) is 4. The Hall–Kier alpha value is -3.76. The molecule has 6 nitrogen and oxygen atoms in total. The highest BCUT2D eigenvalue weighted by atomic mass is 19.4. The SMILES string of the molecule is Cc1ccc(O)c(C)c1-n1c2nc(C)c(C(=C(F)F)C(F)(F)F)cc2c2c(N)ncnc21. The standard InChI is InChI=1S/C21H16F5N5O/c1-8-4-5-13(32)9(2)16(8)31-19-12(14-18(27)28-7-29-20(14)31)6-11(10(3)30-19)15(17(22)23)21(24,25)26/h4-7,32H,1-3H3,(H2,27,28,29). The molecule has 0 amide bonds. The first-order valence-corrected chi connectivity index (χ1v) is 9.28. The van der Waals surface area contributed by atoms with Crippen molar-refractivity contribution in [1.29, 1.82) is 0 Å². The topological polar surface area (TPSA) is 89.8 Å². The maximum atomic E-state index is 13.4. The first-order valence-electron chi connectivity index (χ1n) is 9.28. The summed E-state index contributed by atoms with van der Waals surface area (Å²) in [7, 11) is 0. The van der Waals surface area contributed by atoms with E-state index < -0.39 is 23.4 Å². The number of phenolic OH excluding ortho intramolecular Hbond substituents is 1. The molecule has 3 aromatic heterocycles. The number of allylic oxidation sites excluding steroid dienone is 1. The highest BCUT2D eigenvalue weighted by Gasteiger charge is 2.40. The summed E-state index contributed by atoms with van der Waals surface area (Å²) in [5, 5.41) is 10.5. The molecule has 0 radical (unpaired) electrons. The molecule has 0 fully saturated rings. The van der Waals surface area contributed by atoms with Crippen LogP contribution in [0.25, 0.3) is 33.3 Å². The van der Waals surface area contributed by atoms with Crippen molar-refractivity contribution in [2.45, 2.75) is 26.9 Å². The molecule has 1 aromatic carbocycles.